The van der Waals surface area contributed by atoms with Gasteiger partial charge < -0.3 is 9.47 Å². The first-order chi connectivity index (χ1) is 14.4. The van der Waals surface area contributed by atoms with Crippen LogP contribution in [0.2, 0.25) is 5.02 Å². The molecule has 0 bridgehead atoms. The van der Waals surface area contributed by atoms with E-state index < -0.39 is 28.8 Å². The van der Waals surface area contributed by atoms with E-state index in [2.05, 4.69) is 0 Å². The van der Waals surface area contributed by atoms with Crippen molar-refractivity contribution in [1.82, 2.24) is 0 Å². The number of rotatable bonds is 4. The molecule has 0 amide bonds. The van der Waals surface area contributed by atoms with Gasteiger partial charge in [0.25, 0.3) is 0 Å². The average molecular weight is 445 g/mol. The molecule has 0 aliphatic carbocycles. The van der Waals surface area contributed by atoms with E-state index in [0.29, 0.717) is 28.1 Å². The van der Waals surface area contributed by atoms with E-state index in [4.69, 9.17) is 21.1 Å². The summed E-state index contributed by atoms with van der Waals surface area (Å²) < 4.78 is 25.9. The molecule has 0 fully saturated rings. The highest BCUT2D eigenvalue weighted by Crippen LogP contribution is 2.49. The highest BCUT2D eigenvalue weighted by atomic mass is 35.5. The van der Waals surface area contributed by atoms with Crippen LogP contribution < -0.4 is 0 Å². The van der Waals surface area contributed by atoms with Gasteiger partial charge in [0.15, 0.2) is 11.4 Å². The molecule has 31 heavy (non-hydrogen) atoms. The third-order valence-electron chi connectivity index (χ3n) is 5.51. The molecule has 0 saturated carbocycles. The molecule has 1 aliphatic rings. The summed E-state index contributed by atoms with van der Waals surface area (Å²) in [5.41, 5.74) is 1.03. The van der Waals surface area contributed by atoms with Crippen molar-refractivity contribution in [3.63, 3.8) is 0 Å². The van der Waals surface area contributed by atoms with Crippen LogP contribution in [0.25, 0.3) is 16.7 Å². The smallest absolute Gasteiger partial charge is 0.317 e. The van der Waals surface area contributed by atoms with Crippen molar-refractivity contribution in [3.8, 4) is 11.1 Å². The van der Waals surface area contributed by atoms with Crippen molar-refractivity contribution in [3.05, 3.63) is 64.1 Å². The summed E-state index contributed by atoms with van der Waals surface area (Å²) in [6.07, 6.45) is 0.668. The number of hydrogen-bond donors (Lipinski definition) is 0. The van der Waals surface area contributed by atoms with Crippen LogP contribution in [0.15, 0.2) is 42.2 Å². The zero-order chi connectivity index (χ0) is 23.1. The highest BCUT2D eigenvalue weighted by Gasteiger charge is 2.50. The molecule has 6 heteroatoms. The number of carbonyl (C=O) groups excluding carboxylic acids is 2. The zero-order valence-corrected chi connectivity index (χ0v) is 19.3. The molecular formula is C25H26ClFO4. The first-order valence-electron chi connectivity index (χ1n) is 10.1. The fraction of sp³-hybridized carbons (Fsp3) is 0.360. The largest absolute Gasteiger partial charge is 0.451 e. The topological polar surface area (TPSA) is 52.6 Å². The molecular weight excluding hydrogens is 419 g/mol. The van der Waals surface area contributed by atoms with Crippen LogP contribution >= 0.6 is 11.6 Å². The number of halogens is 2. The van der Waals surface area contributed by atoms with Crippen LogP contribution in [0, 0.1) is 11.2 Å². The molecule has 0 saturated heterocycles. The molecule has 0 atom stereocenters. The lowest BCUT2D eigenvalue weighted by atomic mass is 9.73. The third-order valence-corrected chi connectivity index (χ3v) is 5.74. The molecule has 164 valence electrons. The lowest BCUT2D eigenvalue weighted by molar-refractivity contribution is -0.169. The lowest BCUT2D eigenvalue weighted by Crippen LogP contribution is -2.45. The minimum atomic E-state index is -1.14. The van der Waals surface area contributed by atoms with Crippen molar-refractivity contribution < 1.29 is 23.5 Å². The summed E-state index contributed by atoms with van der Waals surface area (Å²) in [6.45, 7) is 10.1. The Balaban J connectivity index is 2.36. The minimum absolute atomic E-state index is 0.285. The number of carbonyl (C=O) groups is 2. The molecule has 2 aromatic carbocycles. The van der Waals surface area contributed by atoms with Crippen molar-refractivity contribution in [2.24, 2.45) is 5.41 Å². The summed E-state index contributed by atoms with van der Waals surface area (Å²) in [5, 5.41) is 0.310. The minimum Gasteiger partial charge on any atom is -0.451 e. The second kappa shape index (κ2) is 8.12. The number of ether oxygens (including phenoxy) is 2. The SMILES string of the molecule is CCc1ccc(-c2ccc(Cl)cc2F)cc1C1=C(OC(C)=O)C(C)(C)OC(=O)C1(C)C. The molecule has 4 nitrogen and oxygen atoms in total. The van der Waals surface area contributed by atoms with Gasteiger partial charge in [0.1, 0.15) is 5.82 Å². The Hall–Kier alpha value is -2.66. The highest BCUT2D eigenvalue weighted by molar-refractivity contribution is 6.30. The zero-order valence-electron chi connectivity index (χ0n) is 18.6. The number of aryl methyl sites for hydroxylation is 1. The van der Waals surface area contributed by atoms with E-state index in [-0.39, 0.29) is 5.76 Å². The number of hydrogen-bond acceptors (Lipinski definition) is 4. The van der Waals surface area contributed by atoms with Gasteiger partial charge in [-0.1, -0.05) is 30.7 Å². The van der Waals surface area contributed by atoms with Crippen molar-refractivity contribution >= 4 is 29.1 Å². The molecule has 0 spiro atoms. The molecule has 0 N–H and O–H groups in total. The number of benzene rings is 2. The molecule has 1 aliphatic heterocycles. The van der Waals surface area contributed by atoms with E-state index in [0.717, 1.165) is 11.1 Å². The van der Waals surface area contributed by atoms with Gasteiger partial charge in [-0.15, -0.1) is 0 Å². The van der Waals surface area contributed by atoms with E-state index in [1.807, 2.05) is 25.1 Å². The van der Waals surface area contributed by atoms with Gasteiger partial charge in [0, 0.05) is 23.1 Å². The van der Waals surface area contributed by atoms with E-state index >= 15 is 0 Å². The van der Waals surface area contributed by atoms with Crippen LogP contribution in [0.4, 0.5) is 4.39 Å². The Kier molecular flexibility index (Phi) is 6.03. The molecule has 1 heterocycles. The predicted octanol–water partition coefficient (Wildman–Crippen LogP) is 6.34. The van der Waals surface area contributed by atoms with Crippen LogP contribution in [0.3, 0.4) is 0 Å². The number of esters is 2. The van der Waals surface area contributed by atoms with Crippen molar-refractivity contribution in [1.29, 1.82) is 0 Å². The second-order valence-electron chi connectivity index (χ2n) is 8.67. The summed E-state index contributed by atoms with van der Waals surface area (Å²) >= 11 is 5.91. The average Bonchev–Trinajstić information content (AvgIpc) is 2.65. The number of cyclic esters (lactones) is 1. The van der Waals surface area contributed by atoms with Crippen molar-refractivity contribution in [2.75, 3.05) is 0 Å². The van der Waals surface area contributed by atoms with Crippen LogP contribution in [0.1, 0.15) is 52.7 Å². The molecule has 3 rings (SSSR count). The second-order valence-corrected chi connectivity index (χ2v) is 9.11. The van der Waals surface area contributed by atoms with E-state index in [1.165, 1.54) is 13.0 Å². The fourth-order valence-corrected chi connectivity index (χ4v) is 4.04. The summed E-state index contributed by atoms with van der Waals surface area (Å²) in [7, 11) is 0. The maximum Gasteiger partial charge on any atom is 0.317 e. The molecule has 0 radical (unpaired) electrons. The first kappa shape index (κ1) is 23.0. The Morgan fingerprint density at radius 3 is 2.35 bits per heavy atom. The van der Waals surface area contributed by atoms with Crippen LogP contribution in [-0.4, -0.2) is 17.5 Å². The summed E-state index contributed by atoms with van der Waals surface area (Å²) in [5.74, 6) is -1.09. The fourth-order valence-electron chi connectivity index (χ4n) is 3.88. The Morgan fingerprint density at radius 1 is 1.10 bits per heavy atom. The Morgan fingerprint density at radius 2 is 1.77 bits per heavy atom. The van der Waals surface area contributed by atoms with Gasteiger partial charge in [0.05, 0.1) is 5.41 Å². The van der Waals surface area contributed by atoms with Gasteiger partial charge in [-0.05, 0) is 75.1 Å². The monoisotopic (exact) mass is 444 g/mol. The van der Waals surface area contributed by atoms with Crippen LogP contribution in [0.5, 0.6) is 0 Å². The van der Waals surface area contributed by atoms with Gasteiger partial charge in [-0.2, -0.15) is 0 Å². The van der Waals surface area contributed by atoms with Gasteiger partial charge in [0.2, 0.25) is 0 Å². The first-order valence-corrected chi connectivity index (χ1v) is 10.5. The molecule has 0 aromatic heterocycles. The normalized spacial score (nSPS) is 17.4. The Bertz CT molecular complexity index is 1100. The molecule has 0 unspecified atom stereocenters. The lowest BCUT2D eigenvalue weighted by Gasteiger charge is -2.41. The van der Waals surface area contributed by atoms with Gasteiger partial charge in [-0.25, -0.2) is 4.39 Å². The van der Waals surface area contributed by atoms with Gasteiger partial charge in [-0.3, -0.25) is 9.59 Å². The summed E-state index contributed by atoms with van der Waals surface area (Å²) in [6, 6.07) is 10.1. The Labute approximate surface area is 187 Å². The standard InChI is InChI=1S/C25H26ClFO4/c1-7-15-8-9-16(18-11-10-17(26)13-20(18)27)12-19(15)21-22(30-14(2)28)25(5,6)31-23(29)24(21,3)4/h8-13H,7H2,1-6H3. The maximum absolute atomic E-state index is 14.6. The predicted molar refractivity (Wildman–Crippen MR) is 119 cm³/mol. The molecule has 2 aromatic rings. The van der Waals surface area contributed by atoms with Crippen LogP contribution in [-0.2, 0) is 25.5 Å². The van der Waals surface area contributed by atoms with Gasteiger partial charge >= 0.3 is 11.9 Å². The maximum atomic E-state index is 14.6. The third kappa shape index (κ3) is 4.24. The quantitative estimate of drug-likeness (QED) is 0.516. The summed E-state index contributed by atoms with van der Waals surface area (Å²) in [4.78, 5) is 24.9. The van der Waals surface area contributed by atoms with Crippen molar-refractivity contribution in [2.45, 2.75) is 53.6 Å². The van der Waals surface area contributed by atoms with E-state index in [9.17, 15) is 14.0 Å². The van der Waals surface area contributed by atoms with E-state index in [1.54, 1.807) is 39.8 Å².